The van der Waals surface area contributed by atoms with Gasteiger partial charge in [0.25, 0.3) is 0 Å². The molecule has 4 aromatic carbocycles. The largest absolute Gasteiger partial charge is 0.497 e. The lowest BCUT2D eigenvalue weighted by atomic mass is 9.98. The van der Waals surface area contributed by atoms with Crippen LogP contribution < -0.4 is 30.8 Å². The number of hydrogen-bond donors (Lipinski definition) is 4. The summed E-state index contributed by atoms with van der Waals surface area (Å²) in [6.45, 7) is 0. The summed E-state index contributed by atoms with van der Waals surface area (Å²) in [6.07, 6.45) is 0.691. The second-order valence-corrected chi connectivity index (χ2v) is 9.68. The maximum absolute atomic E-state index is 13.4. The first-order valence-electron chi connectivity index (χ1n) is 13.6. The molecule has 0 saturated heterocycles. The Bertz CT molecular complexity index is 1730. The van der Waals surface area contributed by atoms with Gasteiger partial charge in [0.05, 0.1) is 26.0 Å². The number of halogens is 1. The number of methoxy groups -OCH3 is 2. The molecule has 0 radical (unpaired) electrons. The average molecular weight is 577 g/mol. The molecule has 6 rings (SSSR count). The van der Waals surface area contributed by atoms with Gasteiger partial charge in [-0.1, -0.05) is 30.3 Å². The Morgan fingerprint density at radius 1 is 0.698 bits per heavy atom. The topological polar surface area (TPSA) is 118 Å². The summed E-state index contributed by atoms with van der Waals surface area (Å²) in [6, 6.07) is 29.1. The van der Waals surface area contributed by atoms with Crippen molar-refractivity contribution in [3.8, 4) is 11.5 Å². The highest BCUT2D eigenvalue weighted by Crippen LogP contribution is 2.34. The van der Waals surface area contributed by atoms with E-state index in [4.69, 9.17) is 9.47 Å². The normalized spacial score (nSPS) is 13.9. The zero-order valence-electron chi connectivity index (χ0n) is 23.5. The lowest BCUT2D eigenvalue weighted by Gasteiger charge is -2.16. The molecule has 0 fully saturated rings. The Kier molecular flexibility index (Phi) is 7.94. The molecule has 10 nitrogen and oxygen atoms in total. The van der Waals surface area contributed by atoms with Crippen molar-refractivity contribution in [1.29, 1.82) is 0 Å². The molecular formula is C32H29FN8O2. The Hall–Kier alpha value is -5.71. The predicted molar refractivity (Wildman–Crippen MR) is 166 cm³/mol. The summed E-state index contributed by atoms with van der Waals surface area (Å²) in [7, 11) is 3.30. The molecular weight excluding hydrogens is 547 g/mol. The second kappa shape index (κ2) is 12.4. The van der Waals surface area contributed by atoms with Gasteiger partial charge < -0.3 is 30.8 Å². The van der Waals surface area contributed by atoms with Gasteiger partial charge in [-0.3, -0.25) is 0 Å². The van der Waals surface area contributed by atoms with Crippen molar-refractivity contribution in [1.82, 2.24) is 20.4 Å². The van der Waals surface area contributed by atoms with Crippen LogP contribution in [0.2, 0.25) is 0 Å². The second-order valence-electron chi connectivity index (χ2n) is 9.68. The summed E-state index contributed by atoms with van der Waals surface area (Å²) >= 11 is 0. The molecule has 5 aromatic rings. The van der Waals surface area contributed by atoms with E-state index >= 15 is 0 Å². The molecule has 0 aliphatic carbocycles. The molecule has 1 aromatic heterocycles. The highest BCUT2D eigenvalue weighted by Gasteiger charge is 2.24. The van der Waals surface area contributed by atoms with E-state index in [9.17, 15) is 4.39 Å². The quantitative estimate of drug-likeness (QED) is 0.144. The molecule has 0 amide bonds. The van der Waals surface area contributed by atoms with Gasteiger partial charge in [0.2, 0.25) is 17.8 Å². The fraction of sp³-hybridized carbons (Fsp3) is 0.125. The van der Waals surface area contributed by atoms with Gasteiger partial charge in [-0.2, -0.15) is 20.1 Å². The number of aromatic nitrogens is 3. The summed E-state index contributed by atoms with van der Waals surface area (Å²) in [5.74, 6) is 2.18. The fourth-order valence-corrected chi connectivity index (χ4v) is 4.65. The highest BCUT2D eigenvalue weighted by atomic mass is 19.1. The zero-order chi connectivity index (χ0) is 29.6. The van der Waals surface area contributed by atoms with Crippen molar-refractivity contribution in [2.75, 3.05) is 30.2 Å². The molecule has 1 aliphatic heterocycles. The van der Waals surface area contributed by atoms with Gasteiger partial charge in [0, 0.05) is 29.0 Å². The summed E-state index contributed by atoms with van der Waals surface area (Å²) in [5, 5.41) is 14.2. The van der Waals surface area contributed by atoms with E-state index in [1.807, 2.05) is 72.8 Å². The van der Waals surface area contributed by atoms with Crippen molar-refractivity contribution in [2.45, 2.75) is 12.5 Å². The number of para-hydroxylation sites is 1. The Labute approximate surface area is 248 Å². The first-order valence-corrected chi connectivity index (χ1v) is 13.6. The number of rotatable bonds is 10. The minimum atomic E-state index is -0.326. The van der Waals surface area contributed by atoms with Crippen LogP contribution in [0.3, 0.4) is 0 Å². The van der Waals surface area contributed by atoms with Crippen LogP contribution >= 0.6 is 0 Å². The van der Waals surface area contributed by atoms with Crippen molar-refractivity contribution in [3.63, 3.8) is 0 Å². The van der Waals surface area contributed by atoms with E-state index in [0.29, 0.717) is 30.0 Å². The molecule has 43 heavy (non-hydrogen) atoms. The van der Waals surface area contributed by atoms with E-state index in [1.54, 1.807) is 26.4 Å². The molecule has 2 heterocycles. The first-order chi connectivity index (χ1) is 21.1. The van der Waals surface area contributed by atoms with Crippen LogP contribution in [0.15, 0.2) is 102 Å². The monoisotopic (exact) mass is 576 g/mol. The molecule has 0 spiro atoms. The van der Waals surface area contributed by atoms with Crippen molar-refractivity contribution < 1.29 is 13.9 Å². The number of ether oxygens (including phenoxy) is 2. The van der Waals surface area contributed by atoms with Crippen molar-refractivity contribution >= 4 is 40.6 Å². The maximum atomic E-state index is 13.4. The predicted octanol–water partition coefficient (Wildman–Crippen LogP) is 6.70. The van der Waals surface area contributed by atoms with E-state index in [1.165, 1.54) is 12.1 Å². The third kappa shape index (κ3) is 6.62. The molecule has 1 unspecified atom stereocenters. The van der Waals surface area contributed by atoms with E-state index in [0.717, 1.165) is 39.7 Å². The average Bonchev–Trinajstić information content (AvgIpc) is 3.53. The van der Waals surface area contributed by atoms with Gasteiger partial charge in [-0.05, 0) is 72.3 Å². The molecule has 0 saturated carbocycles. The van der Waals surface area contributed by atoms with Gasteiger partial charge >= 0.3 is 0 Å². The van der Waals surface area contributed by atoms with Crippen molar-refractivity contribution in [2.24, 2.45) is 5.10 Å². The maximum Gasteiger partial charge on any atom is 0.233 e. The Morgan fingerprint density at radius 3 is 1.86 bits per heavy atom. The van der Waals surface area contributed by atoms with Crippen LogP contribution in [0.4, 0.5) is 39.3 Å². The summed E-state index contributed by atoms with van der Waals surface area (Å²) in [4.78, 5) is 13.6. The summed E-state index contributed by atoms with van der Waals surface area (Å²) < 4.78 is 24.4. The fourth-order valence-electron chi connectivity index (χ4n) is 4.65. The Morgan fingerprint density at radius 2 is 1.28 bits per heavy atom. The number of anilines is 6. The van der Waals surface area contributed by atoms with Crippen molar-refractivity contribution in [3.05, 3.63) is 114 Å². The van der Waals surface area contributed by atoms with Crippen LogP contribution in [-0.2, 0) is 0 Å². The van der Waals surface area contributed by atoms with E-state index in [2.05, 4.69) is 41.4 Å². The van der Waals surface area contributed by atoms with Gasteiger partial charge in [0.1, 0.15) is 17.3 Å². The Balaban J connectivity index is 1.19. The van der Waals surface area contributed by atoms with Crippen LogP contribution in [0.1, 0.15) is 23.6 Å². The van der Waals surface area contributed by atoms with Crippen LogP contribution in [0.5, 0.6) is 11.5 Å². The minimum Gasteiger partial charge on any atom is -0.497 e. The third-order valence-corrected chi connectivity index (χ3v) is 6.81. The number of nitrogens with one attached hydrogen (secondary N) is 4. The van der Waals surface area contributed by atoms with E-state index < -0.39 is 0 Å². The number of nitrogens with zero attached hydrogens (tertiary/aromatic N) is 4. The number of hydrogen-bond acceptors (Lipinski definition) is 10. The molecule has 1 atom stereocenters. The zero-order valence-corrected chi connectivity index (χ0v) is 23.5. The molecule has 4 N–H and O–H groups in total. The van der Waals surface area contributed by atoms with Crippen LogP contribution in [0, 0.1) is 5.82 Å². The van der Waals surface area contributed by atoms with Gasteiger partial charge in [0.15, 0.2) is 0 Å². The van der Waals surface area contributed by atoms with Crippen LogP contribution in [-0.4, -0.2) is 34.9 Å². The highest BCUT2D eigenvalue weighted by molar-refractivity contribution is 6.02. The first kappa shape index (κ1) is 27.5. The minimum absolute atomic E-state index is 0.0364. The number of benzene rings is 4. The molecule has 216 valence electrons. The molecule has 11 heteroatoms. The molecule has 0 bridgehead atoms. The van der Waals surface area contributed by atoms with E-state index in [-0.39, 0.29) is 11.9 Å². The van der Waals surface area contributed by atoms with Gasteiger partial charge in [-0.25, -0.2) is 4.39 Å². The third-order valence-electron chi connectivity index (χ3n) is 6.81. The lowest BCUT2D eigenvalue weighted by Crippen LogP contribution is -2.11. The molecule has 1 aliphatic rings. The van der Waals surface area contributed by atoms with Gasteiger partial charge in [-0.15, -0.1) is 0 Å². The standard InChI is InChI=1S/C32H29FN8O2/c1-42-25-16-17-29(43-2)26(18-25)28-19-27(40-41-28)20-8-12-23(13-9-20)35-31-37-30(34-22-6-4-3-5-7-22)38-32(39-31)36-24-14-10-21(33)11-15-24/h3-18,28,41H,19H2,1-2H3,(H3,34,35,36,37,38,39). The number of hydrazone groups is 1. The lowest BCUT2D eigenvalue weighted by molar-refractivity contribution is 0.392. The smallest absolute Gasteiger partial charge is 0.233 e. The van der Waals surface area contributed by atoms with Crippen LogP contribution in [0.25, 0.3) is 0 Å². The summed E-state index contributed by atoms with van der Waals surface area (Å²) in [5.41, 5.74) is 8.39. The SMILES string of the molecule is COc1ccc(OC)c(C2CC(c3ccc(Nc4nc(Nc5ccccc5)nc(Nc5ccc(F)cc5)n4)cc3)=NN2)c1.